The fourth-order valence-corrected chi connectivity index (χ4v) is 3.38. The summed E-state index contributed by atoms with van der Waals surface area (Å²) < 4.78 is 9.76. The average molecular weight is 323 g/mol. The zero-order valence-electron chi connectivity index (χ0n) is 12.1. The minimum Gasteiger partial charge on any atom is -0.482 e. The molecule has 6 nitrogen and oxygen atoms in total. The highest BCUT2D eigenvalue weighted by Crippen LogP contribution is 2.26. The molecule has 2 rings (SSSR count). The average Bonchev–Trinajstić information content (AvgIpc) is 3.01. The molecule has 1 aromatic rings. The van der Waals surface area contributed by atoms with Gasteiger partial charge >= 0.3 is 5.97 Å². The fourth-order valence-electron chi connectivity index (χ4n) is 2.16. The maximum absolute atomic E-state index is 11.5. The lowest BCUT2D eigenvalue weighted by Gasteiger charge is -2.15. The SMILES string of the molecule is COC(=O)COc1ccc(CC2SCNC2C(=O)C=O)cc1. The van der Waals surface area contributed by atoms with Crippen LogP contribution in [0.4, 0.5) is 0 Å². The number of Topliss-reactive ketones (excluding diaryl/α,β-unsaturated/α-hetero) is 1. The second kappa shape index (κ2) is 7.95. The van der Waals surface area contributed by atoms with Crippen molar-refractivity contribution in [2.45, 2.75) is 17.7 Å². The Morgan fingerprint density at radius 1 is 1.36 bits per heavy atom. The molecule has 22 heavy (non-hydrogen) atoms. The Morgan fingerprint density at radius 2 is 2.09 bits per heavy atom. The van der Waals surface area contributed by atoms with E-state index in [1.807, 2.05) is 12.1 Å². The lowest BCUT2D eigenvalue weighted by atomic mass is 10.0. The molecule has 118 valence electrons. The topological polar surface area (TPSA) is 81.7 Å². The zero-order chi connectivity index (χ0) is 15.9. The molecule has 2 atom stereocenters. The summed E-state index contributed by atoms with van der Waals surface area (Å²) in [5.74, 6) is 0.391. The third-order valence-electron chi connectivity index (χ3n) is 3.34. The Labute approximate surface area is 132 Å². The lowest BCUT2D eigenvalue weighted by Crippen LogP contribution is -2.39. The number of benzene rings is 1. The summed E-state index contributed by atoms with van der Waals surface area (Å²) in [6.07, 6.45) is 1.06. The van der Waals surface area contributed by atoms with E-state index >= 15 is 0 Å². The van der Waals surface area contributed by atoms with Crippen LogP contribution in [0.15, 0.2) is 24.3 Å². The van der Waals surface area contributed by atoms with Crippen LogP contribution in [0.25, 0.3) is 0 Å². The summed E-state index contributed by atoms with van der Waals surface area (Å²) in [5, 5.41) is 3.08. The van der Waals surface area contributed by atoms with Crippen LogP contribution in [0, 0.1) is 0 Å². The van der Waals surface area contributed by atoms with Crippen molar-refractivity contribution in [1.29, 1.82) is 0 Å². The Kier molecular flexibility index (Phi) is 5.97. The van der Waals surface area contributed by atoms with Gasteiger partial charge in [0.25, 0.3) is 0 Å². The van der Waals surface area contributed by atoms with Crippen molar-refractivity contribution in [3.8, 4) is 5.75 Å². The monoisotopic (exact) mass is 323 g/mol. The van der Waals surface area contributed by atoms with Gasteiger partial charge in [0, 0.05) is 11.1 Å². The maximum atomic E-state index is 11.5. The largest absolute Gasteiger partial charge is 0.482 e. The van der Waals surface area contributed by atoms with Crippen LogP contribution in [-0.4, -0.2) is 48.9 Å². The zero-order valence-corrected chi connectivity index (χ0v) is 12.9. The highest BCUT2D eigenvalue weighted by molar-refractivity contribution is 8.00. The van der Waals surface area contributed by atoms with Crippen molar-refractivity contribution in [1.82, 2.24) is 5.32 Å². The molecule has 1 heterocycles. The molecule has 0 aromatic heterocycles. The predicted octanol–water partition coefficient (Wildman–Crippen LogP) is 0.580. The van der Waals surface area contributed by atoms with Crippen molar-refractivity contribution in [3.05, 3.63) is 29.8 Å². The first kappa shape index (κ1) is 16.5. The fraction of sp³-hybridized carbons (Fsp3) is 0.400. The molecule has 0 amide bonds. The van der Waals surface area contributed by atoms with E-state index in [1.165, 1.54) is 7.11 Å². The molecular formula is C15H17NO5S. The number of aldehydes is 1. The number of rotatable bonds is 7. The first-order valence-corrected chi connectivity index (χ1v) is 7.81. The second-order valence-corrected chi connectivity index (χ2v) is 5.99. The maximum Gasteiger partial charge on any atom is 0.343 e. The van der Waals surface area contributed by atoms with Gasteiger partial charge in [0.2, 0.25) is 5.78 Å². The van der Waals surface area contributed by atoms with Gasteiger partial charge in [-0.05, 0) is 24.1 Å². The molecule has 1 aliphatic heterocycles. The number of ketones is 1. The van der Waals surface area contributed by atoms with Gasteiger partial charge in [-0.1, -0.05) is 12.1 Å². The minimum absolute atomic E-state index is 0.0412. The number of carbonyl (C=O) groups is 3. The van der Waals surface area contributed by atoms with Crippen LogP contribution in [0.3, 0.4) is 0 Å². The van der Waals surface area contributed by atoms with Crippen molar-refractivity contribution in [2.75, 3.05) is 19.6 Å². The molecule has 1 aliphatic rings. The molecule has 1 fully saturated rings. The van der Waals surface area contributed by atoms with Crippen LogP contribution in [0.2, 0.25) is 0 Å². The number of methoxy groups -OCH3 is 1. The summed E-state index contributed by atoms with van der Waals surface area (Å²) in [6, 6.07) is 6.88. The molecule has 0 saturated carbocycles. The molecule has 1 saturated heterocycles. The number of esters is 1. The van der Waals surface area contributed by atoms with Crippen molar-refractivity contribution in [2.24, 2.45) is 0 Å². The van der Waals surface area contributed by atoms with E-state index in [0.29, 0.717) is 24.3 Å². The number of carbonyl (C=O) groups excluding carboxylic acids is 3. The number of hydrogen-bond donors (Lipinski definition) is 1. The number of nitrogens with one attached hydrogen (secondary N) is 1. The summed E-state index contributed by atoms with van der Waals surface area (Å²) in [4.78, 5) is 33.2. The minimum atomic E-state index is -0.437. The van der Waals surface area contributed by atoms with E-state index in [-0.39, 0.29) is 11.9 Å². The Balaban J connectivity index is 1.92. The van der Waals surface area contributed by atoms with Gasteiger partial charge in [-0.25, -0.2) is 4.79 Å². The van der Waals surface area contributed by atoms with Gasteiger partial charge in [0.15, 0.2) is 12.9 Å². The van der Waals surface area contributed by atoms with E-state index in [4.69, 9.17) is 4.74 Å². The van der Waals surface area contributed by atoms with E-state index in [9.17, 15) is 14.4 Å². The quantitative estimate of drug-likeness (QED) is 0.446. The summed E-state index contributed by atoms with van der Waals surface area (Å²) >= 11 is 1.63. The number of hydrogen-bond acceptors (Lipinski definition) is 7. The van der Waals surface area contributed by atoms with Gasteiger partial charge in [0.1, 0.15) is 5.75 Å². The highest BCUT2D eigenvalue weighted by Gasteiger charge is 2.32. The molecule has 0 radical (unpaired) electrons. The van der Waals surface area contributed by atoms with Gasteiger partial charge in [0.05, 0.1) is 13.2 Å². The predicted molar refractivity (Wildman–Crippen MR) is 81.9 cm³/mol. The van der Waals surface area contributed by atoms with Crippen LogP contribution >= 0.6 is 11.8 Å². The Hall–Kier alpha value is -1.86. The van der Waals surface area contributed by atoms with Crippen LogP contribution in [0.5, 0.6) is 5.75 Å². The second-order valence-electron chi connectivity index (χ2n) is 4.76. The van der Waals surface area contributed by atoms with Crippen LogP contribution in [0.1, 0.15) is 5.56 Å². The van der Waals surface area contributed by atoms with Gasteiger partial charge in [-0.3, -0.25) is 14.9 Å². The van der Waals surface area contributed by atoms with Crippen molar-refractivity contribution in [3.63, 3.8) is 0 Å². The molecule has 7 heteroatoms. The first-order valence-electron chi connectivity index (χ1n) is 6.76. The molecule has 1 N–H and O–H groups in total. The van der Waals surface area contributed by atoms with Crippen molar-refractivity contribution < 1.29 is 23.9 Å². The van der Waals surface area contributed by atoms with Gasteiger partial charge in [-0.2, -0.15) is 0 Å². The van der Waals surface area contributed by atoms with Crippen molar-refractivity contribution >= 4 is 29.8 Å². The first-order chi connectivity index (χ1) is 10.6. The highest BCUT2D eigenvalue weighted by atomic mass is 32.2. The van der Waals surface area contributed by atoms with E-state index in [0.717, 1.165) is 5.56 Å². The Bertz CT molecular complexity index is 545. The summed E-state index contributed by atoms with van der Waals surface area (Å²) in [6.45, 7) is -0.131. The van der Waals surface area contributed by atoms with E-state index < -0.39 is 17.8 Å². The summed E-state index contributed by atoms with van der Waals surface area (Å²) in [5.41, 5.74) is 1.04. The van der Waals surface area contributed by atoms with Gasteiger partial charge < -0.3 is 9.47 Å². The standard InChI is InChI=1S/C15H17NO5S/c1-20-14(19)8-21-11-4-2-10(3-5-11)6-13-15(12(18)7-17)16-9-22-13/h2-5,7,13,15-16H,6,8-9H2,1H3. The number of thioether (sulfide) groups is 1. The molecule has 0 spiro atoms. The third-order valence-corrected chi connectivity index (χ3v) is 4.54. The normalized spacial score (nSPS) is 20.4. The van der Waals surface area contributed by atoms with Crippen LogP contribution < -0.4 is 10.1 Å². The number of ether oxygens (including phenoxy) is 2. The molecule has 1 aromatic carbocycles. The smallest absolute Gasteiger partial charge is 0.343 e. The molecule has 2 unspecified atom stereocenters. The Morgan fingerprint density at radius 3 is 2.73 bits per heavy atom. The van der Waals surface area contributed by atoms with E-state index in [2.05, 4.69) is 10.1 Å². The van der Waals surface area contributed by atoms with Gasteiger partial charge in [-0.15, -0.1) is 11.8 Å². The summed E-state index contributed by atoms with van der Waals surface area (Å²) in [7, 11) is 1.30. The molecule has 0 bridgehead atoms. The molecule has 0 aliphatic carbocycles. The van der Waals surface area contributed by atoms with E-state index in [1.54, 1.807) is 23.9 Å². The third kappa shape index (κ3) is 4.32. The lowest BCUT2D eigenvalue weighted by molar-refractivity contribution is -0.142. The molecular weight excluding hydrogens is 306 g/mol. The van der Waals surface area contributed by atoms with Crippen LogP contribution in [-0.2, 0) is 25.5 Å².